The normalized spacial score (nSPS) is 14.4. The van der Waals surface area contributed by atoms with E-state index in [2.05, 4.69) is 0 Å². The average Bonchev–Trinajstić information content (AvgIpc) is 2.80. The Morgan fingerprint density at radius 2 is 1.48 bits per heavy atom. The third kappa shape index (κ3) is 4.21. The van der Waals surface area contributed by atoms with Crippen LogP contribution in [-0.2, 0) is 21.1 Å². The number of aliphatic carboxylic acids is 1. The Hall–Kier alpha value is -3.12. The van der Waals surface area contributed by atoms with E-state index < -0.39 is 26.5 Å². The first-order valence-electron chi connectivity index (χ1n) is 10.1. The second kappa shape index (κ2) is 9.35. The number of methoxy groups -OCH3 is 1. The van der Waals surface area contributed by atoms with Crippen LogP contribution in [0.4, 0.5) is 0 Å². The minimum atomic E-state index is -4.30. The molecule has 0 aromatic heterocycles. The van der Waals surface area contributed by atoms with Crippen molar-refractivity contribution in [3.8, 4) is 5.75 Å². The summed E-state index contributed by atoms with van der Waals surface area (Å²) < 4.78 is 31.2. The quantitative estimate of drug-likeness (QED) is 0.522. The molecule has 0 aliphatic carbocycles. The first-order valence-corrected chi connectivity index (χ1v) is 11.6. The summed E-state index contributed by atoms with van der Waals surface area (Å²) in [4.78, 5) is 12.9. The Morgan fingerprint density at radius 1 is 0.935 bits per heavy atom. The van der Waals surface area contributed by atoms with Crippen molar-refractivity contribution in [2.24, 2.45) is 0 Å². The smallest absolute Gasteiger partial charge is 0.326 e. The molecule has 0 saturated heterocycles. The number of benzene rings is 3. The highest BCUT2D eigenvalue weighted by Crippen LogP contribution is 2.44. The van der Waals surface area contributed by atoms with E-state index in [0.717, 1.165) is 0 Å². The third-order valence-electron chi connectivity index (χ3n) is 5.69. The third-order valence-corrected chi connectivity index (χ3v) is 8.15. The van der Waals surface area contributed by atoms with E-state index in [0.29, 0.717) is 23.3 Å². The lowest BCUT2D eigenvalue weighted by Gasteiger charge is -2.37. The van der Waals surface area contributed by atoms with Crippen LogP contribution in [0.25, 0.3) is 0 Å². The first kappa shape index (κ1) is 22.6. The predicted molar refractivity (Wildman–Crippen MR) is 120 cm³/mol. The predicted octanol–water partition coefficient (Wildman–Crippen LogP) is 4.73. The van der Waals surface area contributed by atoms with Crippen molar-refractivity contribution in [2.45, 2.75) is 35.3 Å². The zero-order valence-corrected chi connectivity index (χ0v) is 18.4. The lowest BCUT2D eigenvalue weighted by atomic mass is 9.79. The Kier molecular flexibility index (Phi) is 6.81. The molecule has 0 bridgehead atoms. The molecule has 5 nitrogen and oxygen atoms in total. The van der Waals surface area contributed by atoms with Gasteiger partial charge >= 0.3 is 5.97 Å². The Balaban J connectivity index is 2.28. The van der Waals surface area contributed by atoms with Gasteiger partial charge in [0, 0.05) is 12.3 Å². The fraction of sp³-hybridized carbons (Fsp3) is 0.240. The van der Waals surface area contributed by atoms with Gasteiger partial charge in [0.15, 0.2) is 14.6 Å². The van der Waals surface area contributed by atoms with Gasteiger partial charge in [-0.1, -0.05) is 67.6 Å². The molecular weight excluding hydrogens is 412 g/mol. The fourth-order valence-electron chi connectivity index (χ4n) is 4.13. The molecule has 3 aromatic rings. The minimum Gasteiger partial charge on any atom is -0.497 e. The molecule has 0 spiro atoms. The highest BCUT2D eigenvalue weighted by atomic mass is 32.2. The van der Waals surface area contributed by atoms with Gasteiger partial charge in [-0.25, -0.2) is 8.42 Å². The van der Waals surface area contributed by atoms with Gasteiger partial charge in [0.1, 0.15) is 5.75 Å². The Morgan fingerprint density at radius 3 is 1.97 bits per heavy atom. The van der Waals surface area contributed by atoms with E-state index in [1.165, 1.54) is 31.4 Å². The van der Waals surface area contributed by atoms with Crippen molar-refractivity contribution in [3.05, 3.63) is 96.1 Å². The second-order valence-electron chi connectivity index (χ2n) is 7.41. The summed E-state index contributed by atoms with van der Waals surface area (Å²) in [6.45, 7) is 1.82. The van der Waals surface area contributed by atoms with E-state index >= 15 is 0 Å². The maximum absolute atomic E-state index is 14.1. The molecule has 162 valence electrons. The van der Waals surface area contributed by atoms with Crippen LogP contribution in [0.3, 0.4) is 0 Å². The molecule has 0 aliphatic rings. The SMILES string of the molecule is CCC(c1ccccc1)C(Cc1ccccc1)(C(=O)O)S(=O)(=O)c1ccc(OC)cc1. The van der Waals surface area contributed by atoms with E-state index in [4.69, 9.17) is 4.74 Å². The van der Waals surface area contributed by atoms with Crippen LogP contribution in [0, 0.1) is 0 Å². The molecule has 31 heavy (non-hydrogen) atoms. The molecule has 1 N–H and O–H groups in total. The number of carboxylic acid groups (broad SMARTS) is 1. The van der Waals surface area contributed by atoms with Gasteiger partial charge < -0.3 is 9.84 Å². The molecule has 2 unspecified atom stereocenters. The first-order chi connectivity index (χ1) is 14.9. The maximum atomic E-state index is 14.1. The zero-order valence-electron chi connectivity index (χ0n) is 17.6. The van der Waals surface area contributed by atoms with Crippen LogP contribution in [0.15, 0.2) is 89.8 Å². The summed E-state index contributed by atoms with van der Waals surface area (Å²) >= 11 is 0. The zero-order chi connectivity index (χ0) is 22.5. The standard InChI is InChI=1S/C25H26O5S/c1-3-23(20-12-8-5-9-13-20)25(24(26)27,18-19-10-6-4-7-11-19)31(28,29)22-16-14-21(30-2)15-17-22/h4-17,23H,3,18H2,1-2H3,(H,26,27). The van der Waals surface area contributed by atoms with Gasteiger partial charge in [-0.05, 0) is 41.8 Å². The molecule has 0 radical (unpaired) electrons. The van der Waals surface area contributed by atoms with E-state index in [9.17, 15) is 18.3 Å². The highest BCUT2D eigenvalue weighted by molar-refractivity contribution is 7.93. The molecular formula is C25H26O5S. The van der Waals surface area contributed by atoms with Gasteiger partial charge in [-0.2, -0.15) is 0 Å². The van der Waals surface area contributed by atoms with Crippen LogP contribution in [0.5, 0.6) is 5.75 Å². The lowest BCUT2D eigenvalue weighted by Crippen LogP contribution is -2.53. The van der Waals surface area contributed by atoms with Crippen molar-refractivity contribution >= 4 is 15.8 Å². The van der Waals surface area contributed by atoms with E-state index in [1.807, 2.05) is 19.1 Å². The lowest BCUT2D eigenvalue weighted by molar-refractivity contribution is -0.140. The number of carbonyl (C=O) groups is 1. The van der Waals surface area contributed by atoms with Crippen LogP contribution >= 0.6 is 0 Å². The summed E-state index contributed by atoms with van der Waals surface area (Å²) in [5.74, 6) is -1.61. The second-order valence-corrected chi connectivity index (χ2v) is 9.61. The molecule has 0 amide bonds. The van der Waals surface area contributed by atoms with Crippen LogP contribution in [0.2, 0.25) is 0 Å². The Labute approximate surface area is 183 Å². The molecule has 0 aliphatic heterocycles. The Bertz CT molecular complexity index is 1110. The van der Waals surface area contributed by atoms with Crippen LogP contribution < -0.4 is 4.74 Å². The number of hydrogen-bond acceptors (Lipinski definition) is 4. The summed E-state index contributed by atoms with van der Waals surface area (Å²) in [5, 5.41) is 10.5. The molecule has 0 saturated carbocycles. The van der Waals surface area contributed by atoms with Crippen molar-refractivity contribution in [1.29, 1.82) is 0 Å². The minimum absolute atomic E-state index is 0.0407. The number of hydrogen-bond donors (Lipinski definition) is 1. The van der Waals surface area contributed by atoms with Gasteiger partial charge in [0.25, 0.3) is 0 Å². The maximum Gasteiger partial charge on any atom is 0.326 e. The van der Waals surface area contributed by atoms with E-state index in [1.54, 1.807) is 48.5 Å². The van der Waals surface area contributed by atoms with Gasteiger partial charge in [-0.15, -0.1) is 0 Å². The van der Waals surface area contributed by atoms with Crippen molar-refractivity contribution in [2.75, 3.05) is 7.11 Å². The molecule has 2 atom stereocenters. The number of sulfone groups is 1. The fourth-order valence-corrected chi connectivity index (χ4v) is 6.31. The van der Waals surface area contributed by atoms with Crippen molar-refractivity contribution in [3.63, 3.8) is 0 Å². The largest absolute Gasteiger partial charge is 0.497 e. The number of rotatable bonds is 9. The monoisotopic (exact) mass is 438 g/mol. The van der Waals surface area contributed by atoms with Crippen LogP contribution in [0.1, 0.15) is 30.4 Å². The molecule has 0 heterocycles. The van der Waals surface area contributed by atoms with Crippen LogP contribution in [-0.4, -0.2) is 31.4 Å². The van der Waals surface area contributed by atoms with Gasteiger partial charge in [0.2, 0.25) is 0 Å². The van der Waals surface area contributed by atoms with Gasteiger partial charge in [-0.3, -0.25) is 4.79 Å². The molecule has 3 rings (SSSR count). The molecule has 6 heteroatoms. The topological polar surface area (TPSA) is 80.7 Å². The average molecular weight is 439 g/mol. The molecule has 0 fully saturated rings. The summed E-state index contributed by atoms with van der Waals surface area (Å²) in [6, 6.07) is 23.8. The number of ether oxygens (including phenoxy) is 1. The van der Waals surface area contributed by atoms with Crippen molar-refractivity contribution < 1.29 is 23.1 Å². The van der Waals surface area contributed by atoms with Crippen molar-refractivity contribution in [1.82, 2.24) is 0 Å². The summed E-state index contributed by atoms with van der Waals surface area (Å²) in [5.41, 5.74) is 1.33. The van der Waals surface area contributed by atoms with Gasteiger partial charge in [0.05, 0.1) is 12.0 Å². The summed E-state index contributed by atoms with van der Waals surface area (Å²) in [6.07, 6.45) is 0.198. The summed E-state index contributed by atoms with van der Waals surface area (Å²) in [7, 11) is -2.81. The van der Waals surface area contributed by atoms with E-state index in [-0.39, 0.29) is 11.3 Å². The molecule has 3 aromatic carbocycles. The number of carboxylic acids is 1. The highest BCUT2D eigenvalue weighted by Gasteiger charge is 2.57.